The lowest BCUT2D eigenvalue weighted by Crippen LogP contribution is -2.51. The van der Waals surface area contributed by atoms with Crippen LogP contribution in [0.4, 0.5) is 4.39 Å². The molecule has 0 radical (unpaired) electrons. The van der Waals surface area contributed by atoms with E-state index in [1.165, 1.54) is 11.1 Å². The molecule has 0 atom stereocenters. The molecule has 1 aromatic carbocycles. The first-order valence-electron chi connectivity index (χ1n) is 8.13. The van der Waals surface area contributed by atoms with E-state index in [0.717, 1.165) is 0 Å². The van der Waals surface area contributed by atoms with Gasteiger partial charge in [-0.05, 0) is 6.07 Å². The number of halogens is 1. The number of hydrogen-bond donors (Lipinski definition) is 0. The fraction of sp³-hybridized carbons (Fsp3) is 0.471. The third-order valence-electron chi connectivity index (χ3n) is 4.47. The number of carbonyl (C=O) groups excluding carboxylic acids is 2. The minimum Gasteiger partial charge on any atom is -0.335 e. The maximum Gasteiger partial charge on any atom is 0.270 e. The summed E-state index contributed by atoms with van der Waals surface area (Å²) in [5, 5.41) is 5.32. The second kappa shape index (κ2) is 7.09. The van der Waals surface area contributed by atoms with E-state index in [0.29, 0.717) is 56.8 Å². The summed E-state index contributed by atoms with van der Waals surface area (Å²) in [4.78, 5) is 27.8. The van der Waals surface area contributed by atoms with Gasteiger partial charge in [-0.1, -0.05) is 18.2 Å². The Labute approximate surface area is 140 Å². The molecule has 1 aromatic rings. The molecular weight excluding hydrogens is 311 g/mol. The molecule has 128 valence electrons. The number of rotatable bonds is 3. The first-order chi connectivity index (χ1) is 11.5. The van der Waals surface area contributed by atoms with Gasteiger partial charge < -0.3 is 4.90 Å². The van der Waals surface area contributed by atoms with E-state index >= 15 is 0 Å². The Kier molecular flexibility index (Phi) is 4.89. The van der Waals surface area contributed by atoms with Crippen molar-refractivity contribution in [3.8, 4) is 0 Å². The summed E-state index contributed by atoms with van der Waals surface area (Å²) in [6.45, 7) is 3.12. The van der Waals surface area contributed by atoms with Gasteiger partial charge in [0.2, 0.25) is 5.91 Å². The molecule has 24 heavy (non-hydrogen) atoms. The number of amides is 2. The quantitative estimate of drug-likeness (QED) is 0.832. The molecule has 2 aliphatic rings. The Morgan fingerprint density at radius 3 is 2.54 bits per heavy atom. The predicted molar refractivity (Wildman–Crippen MR) is 87.7 cm³/mol. The number of benzene rings is 1. The predicted octanol–water partition coefficient (Wildman–Crippen LogP) is 1.08. The molecular formula is C17H21FN4O2. The zero-order valence-corrected chi connectivity index (χ0v) is 13.7. The van der Waals surface area contributed by atoms with Crippen molar-refractivity contribution in [1.29, 1.82) is 0 Å². The normalized spacial score (nSPS) is 19.4. The maximum absolute atomic E-state index is 13.7. The largest absolute Gasteiger partial charge is 0.335 e. The fourth-order valence-electron chi connectivity index (χ4n) is 2.98. The number of carbonyl (C=O) groups is 2. The van der Waals surface area contributed by atoms with Gasteiger partial charge >= 0.3 is 0 Å². The average molecular weight is 332 g/mol. The van der Waals surface area contributed by atoms with Gasteiger partial charge in [-0.15, -0.1) is 0 Å². The number of hydrazone groups is 1. The first kappa shape index (κ1) is 16.6. The zero-order chi connectivity index (χ0) is 17.1. The third-order valence-corrected chi connectivity index (χ3v) is 4.47. The highest BCUT2D eigenvalue weighted by Gasteiger charge is 2.28. The van der Waals surface area contributed by atoms with Crippen molar-refractivity contribution in [2.75, 3.05) is 33.2 Å². The van der Waals surface area contributed by atoms with Gasteiger partial charge in [0.25, 0.3) is 5.91 Å². The lowest BCUT2D eigenvalue weighted by atomic mass is 10.1. The van der Waals surface area contributed by atoms with Crippen LogP contribution in [-0.4, -0.2) is 65.6 Å². The summed E-state index contributed by atoms with van der Waals surface area (Å²) in [5.41, 5.74) is 1.12. The van der Waals surface area contributed by atoms with Crippen molar-refractivity contribution in [2.45, 2.75) is 19.4 Å². The molecule has 0 bridgehead atoms. The molecule has 0 N–H and O–H groups in total. The van der Waals surface area contributed by atoms with E-state index < -0.39 is 0 Å². The smallest absolute Gasteiger partial charge is 0.270 e. The molecule has 6 nitrogen and oxygen atoms in total. The molecule has 0 aromatic heterocycles. The van der Waals surface area contributed by atoms with Crippen molar-refractivity contribution in [2.24, 2.45) is 5.10 Å². The summed E-state index contributed by atoms with van der Waals surface area (Å²) in [5.74, 6) is -0.360. The summed E-state index contributed by atoms with van der Waals surface area (Å²) in [6.07, 6.45) is 0.728. The molecule has 0 aliphatic carbocycles. The van der Waals surface area contributed by atoms with Crippen molar-refractivity contribution in [1.82, 2.24) is 14.8 Å². The van der Waals surface area contributed by atoms with Crippen molar-refractivity contribution < 1.29 is 14.0 Å². The van der Waals surface area contributed by atoms with Gasteiger partial charge in [0.1, 0.15) is 11.5 Å². The molecule has 7 heteroatoms. The van der Waals surface area contributed by atoms with Crippen LogP contribution in [0.2, 0.25) is 0 Å². The van der Waals surface area contributed by atoms with Crippen molar-refractivity contribution in [3.63, 3.8) is 0 Å². The van der Waals surface area contributed by atoms with Gasteiger partial charge in [-0.3, -0.25) is 14.5 Å². The van der Waals surface area contributed by atoms with Gasteiger partial charge in [-0.2, -0.15) is 5.10 Å². The second-order valence-corrected chi connectivity index (χ2v) is 6.12. The molecule has 3 rings (SSSR count). The molecule has 2 heterocycles. The first-order valence-corrected chi connectivity index (χ1v) is 8.13. The van der Waals surface area contributed by atoms with Crippen LogP contribution in [0, 0.1) is 5.82 Å². The number of piperazine rings is 1. The minimum atomic E-state index is -0.194. The average Bonchev–Trinajstić information content (AvgIpc) is 2.59. The Morgan fingerprint density at radius 2 is 1.88 bits per heavy atom. The number of nitrogens with zero attached hydrogens (tertiary/aromatic N) is 4. The second-order valence-electron chi connectivity index (χ2n) is 6.12. The van der Waals surface area contributed by atoms with Gasteiger partial charge in [-0.25, -0.2) is 9.40 Å². The zero-order valence-electron chi connectivity index (χ0n) is 13.7. The molecule has 1 saturated heterocycles. The van der Waals surface area contributed by atoms with Crippen LogP contribution in [0.1, 0.15) is 18.4 Å². The minimum absolute atomic E-state index is 0.0683. The molecule has 0 saturated carbocycles. The summed E-state index contributed by atoms with van der Waals surface area (Å²) in [7, 11) is 1.57. The van der Waals surface area contributed by atoms with Crippen LogP contribution in [0.3, 0.4) is 0 Å². The highest BCUT2D eigenvalue weighted by Crippen LogP contribution is 2.14. The Bertz CT molecular complexity index is 668. The topological polar surface area (TPSA) is 56.2 Å². The van der Waals surface area contributed by atoms with E-state index in [-0.39, 0.29) is 17.6 Å². The van der Waals surface area contributed by atoms with E-state index in [1.54, 1.807) is 24.1 Å². The monoisotopic (exact) mass is 332 g/mol. The molecule has 2 aliphatic heterocycles. The van der Waals surface area contributed by atoms with Gasteiger partial charge in [0.05, 0.1) is 0 Å². The summed E-state index contributed by atoms with van der Waals surface area (Å²) in [6, 6.07) is 6.77. The van der Waals surface area contributed by atoms with Crippen LogP contribution in [-0.2, 0) is 16.1 Å². The van der Waals surface area contributed by atoms with Gasteiger partial charge in [0, 0.05) is 58.2 Å². The maximum atomic E-state index is 13.7. The summed E-state index contributed by atoms with van der Waals surface area (Å²) < 4.78 is 13.7. The molecule has 2 amide bonds. The van der Waals surface area contributed by atoms with E-state index in [9.17, 15) is 14.0 Å². The van der Waals surface area contributed by atoms with Crippen LogP contribution in [0.15, 0.2) is 29.4 Å². The Hall–Kier alpha value is -2.28. The SMILES string of the molecule is CN1N=C(C(=O)N2CCN(Cc3ccccc3F)CC2)CCC1=O. The number of hydrogen-bond acceptors (Lipinski definition) is 4. The molecule has 0 spiro atoms. The Balaban J connectivity index is 1.55. The molecule has 1 fully saturated rings. The highest BCUT2D eigenvalue weighted by molar-refractivity contribution is 6.39. The van der Waals surface area contributed by atoms with Crippen LogP contribution >= 0.6 is 0 Å². The standard InChI is InChI=1S/C17H21FN4O2/c1-20-16(23)7-6-15(19-20)17(24)22-10-8-21(9-11-22)12-13-4-2-3-5-14(13)18/h2-5H,6-12H2,1H3. The lowest BCUT2D eigenvalue weighted by Gasteiger charge is -2.35. The third kappa shape index (κ3) is 3.62. The fourth-order valence-corrected chi connectivity index (χ4v) is 2.98. The van der Waals surface area contributed by atoms with Crippen LogP contribution < -0.4 is 0 Å². The Morgan fingerprint density at radius 1 is 1.17 bits per heavy atom. The highest BCUT2D eigenvalue weighted by atomic mass is 19.1. The van der Waals surface area contributed by atoms with Crippen LogP contribution in [0.5, 0.6) is 0 Å². The lowest BCUT2D eigenvalue weighted by molar-refractivity contribution is -0.131. The van der Waals surface area contributed by atoms with Crippen molar-refractivity contribution >= 4 is 17.5 Å². The van der Waals surface area contributed by atoms with E-state index in [2.05, 4.69) is 10.0 Å². The van der Waals surface area contributed by atoms with Crippen LogP contribution in [0.25, 0.3) is 0 Å². The summed E-state index contributed by atoms with van der Waals surface area (Å²) >= 11 is 0. The van der Waals surface area contributed by atoms with Gasteiger partial charge in [0.15, 0.2) is 0 Å². The molecule has 0 unspecified atom stereocenters. The van der Waals surface area contributed by atoms with Crippen molar-refractivity contribution in [3.05, 3.63) is 35.6 Å². The van der Waals surface area contributed by atoms with E-state index in [4.69, 9.17) is 0 Å². The van der Waals surface area contributed by atoms with E-state index in [1.807, 2.05) is 6.07 Å².